The van der Waals surface area contributed by atoms with Gasteiger partial charge in [0.2, 0.25) is 0 Å². The second-order valence-electron chi connectivity index (χ2n) is 8.39. The van der Waals surface area contributed by atoms with Crippen molar-refractivity contribution < 1.29 is 27.4 Å². The highest BCUT2D eigenvalue weighted by atomic mass is 19.4. The van der Waals surface area contributed by atoms with E-state index >= 15 is 0 Å². The molecule has 8 heteroatoms. The van der Waals surface area contributed by atoms with Crippen molar-refractivity contribution in [2.75, 3.05) is 7.11 Å². The lowest BCUT2D eigenvalue weighted by Crippen LogP contribution is -2.48. The summed E-state index contributed by atoms with van der Waals surface area (Å²) < 4.78 is 61.7. The Morgan fingerprint density at radius 2 is 1.79 bits per heavy atom. The van der Waals surface area contributed by atoms with Crippen molar-refractivity contribution in [1.82, 2.24) is 4.98 Å². The monoisotopic (exact) mass is 462 g/mol. The Morgan fingerprint density at radius 1 is 1.09 bits per heavy atom. The van der Waals surface area contributed by atoms with Gasteiger partial charge in [-0.15, -0.1) is 0 Å². The number of pyridine rings is 1. The van der Waals surface area contributed by atoms with Crippen molar-refractivity contribution in [3.05, 3.63) is 65.6 Å². The van der Waals surface area contributed by atoms with Crippen molar-refractivity contribution >= 4 is 22.8 Å². The van der Waals surface area contributed by atoms with Gasteiger partial charge in [0.15, 0.2) is 17.2 Å². The van der Waals surface area contributed by atoms with Crippen molar-refractivity contribution in [2.45, 2.75) is 44.9 Å². The van der Waals surface area contributed by atoms with Gasteiger partial charge in [-0.05, 0) is 55.5 Å². The van der Waals surface area contributed by atoms with Crippen LogP contribution in [-0.2, 0) is 0 Å². The molecule has 0 aliphatic carbocycles. The van der Waals surface area contributed by atoms with Crippen LogP contribution in [0.1, 0.15) is 37.4 Å². The fourth-order valence-corrected chi connectivity index (χ4v) is 3.84. The van der Waals surface area contributed by atoms with Gasteiger partial charge < -0.3 is 9.84 Å². The summed E-state index contributed by atoms with van der Waals surface area (Å²) in [6.45, 7) is 5.23. The number of aliphatic hydroxyl groups is 1. The lowest BCUT2D eigenvalue weighted by molar-refractivity contribution is -0.232. The first-order chi connectivity index (χ1) is 15.5. The molecule has 2 atom stereocenters. The molecule has 3 rings (SSSR count). The SMILES string of the molecule is COc1c(F)cccc1C(CC(O)(/C=N\c1cccc2nc(C)ccc12)C(F)(F)F)C(C)C. The van der Waals surface area contributed by atoms with Gasteiger partial charge in [-0.2, -0.15) is 13.2 Å². The highest BCUT2D eigenvalue weighted by Crippen LogP contribution is 2.43. The zero-order valence-electron chi connectivity index (χ0n) is 18.8. The molecular weight excluding hydrogens is 436 g/mol. The number of hydrogen-bond donors (Lipinski definition) is 1. The number of nitrogens with zero attached hydrogens (tertiary/aromatic N) is 2. The molecule has 1 N–H and O–H groups in total. The lowest BCUT2D eigenvalue weighted by atomic mass is 9.79. The summed E-state index contributed by atoms with van der Waals surface area (Å²) in [6, 6.07) is 12.5. The first-order valence-corrected chi connectivity index (χ1v) is 10.5. The van der Waals surface area contributed by atoms with Crippen molar-refractivity contribution in [2.24, 2.45) is 10.9 Å². The number of aromatic nitrogens is 1. The van der Waals surface area contributed by atoms with Crippen LogP contribution >= 0.6 is 0 Å². The van der Waals surface area contributed by atoms with Crippen LogP contribution in [0.25, 0.3) is 10.9 Å². The number of alkyl halides is 3. The van der Waals surface area contributed by atoms with E-state index in [1.807, 2.05) is 6.92 Å². The average molecular weight is 462 g/mol. The molecule has 1 heterocycles. The van der Waals surface area contributed by atoms with Gasteiger partial charge in [-0.25, -0.2) is 4.39 Å². The van der Waals surface area contributed by atoms with Crippen LogP contribution in [0, 0.1) is 18.7 Å². The van der Waals surface area contributed by atoms with E-state index in [1.54, 1.807) is 44.2 Å². The number of rotatable bonds is 7. The van der Waals surface area contributed by atoms with Gasteiger partial charge in [0, 0.05) is 22.9 Å². The maximum absolute atomic E-state index is 14.2. The number of para-hydroxylation sites is 1. The smallest absolute Gasteiger partial charge is 0.422 e. The minimum absolute atomic E-state index is 0.131. The van der Waals surface area contributed by atoms with Gasteiger partial charge in [0.05, 0.1) is 18.3 Å². The average Bonchev–Trinajstić information content (AvgIpc) is 2.74. The van der Waals surface area contributed by atoms with Gasteiger partial charge in [0.1, 0.15) is 0 Å². The maximum atomic E-state index is 14.2. The standard InChI is InChI=1S/C25H26F4N2O2/c1-15(2)19(17-7-5-8-20(26)23(17)33-4)13-24(32,25(27,28)29)14-30-21-9-6-10-22-18(21)12-11-16(3)31-22/h5-12,14-15,19,32H,13H2,1-4H3/b30-14-. The molecule has 33 heavy (non-hydrogen) atoms. The molecule has 0 aliphatic rings. The van der Waals surface area contributed by atoms with Gasteiger partial charge in [-0.3, -0.25) is 9.98 Å². The van der Waals surface area contributed by atoms with E-state index in [0.29, 0.717) is 17.1 Å². The second kappa shape index (κ2) is 9.47. The van der Waals surface area contributed by atoms with E-state index in [4.69, 9.17) is 4.74 Å². The Balaban J connectivity index is 2.05. The molecule has 0 spiro atoms. The van der Waals surface area contributed by atoms with E-state index in [2.05, 4.69) is 9.98 Å². The number of methoxy groups -OCH3 is 1. The first-order valence-electron chi connectivity index (χ1n) is 10.5. The summed E-state index contributed by atoms with van der Waals surface area (Å²) in [4.78, 5) is 8.39. The molecular formula is C25H26F4N2O2. The Hall–Kier alpha value is -3.00. The first kappa shape index (κ1) is 24.6. The fraction of sp³-hybridized carbons (Fsp3) is 0.360. The summed E-state index contributed by atoms with van der Waals surface area (Å²) in [5, 5.41) is 11.4. The van der Waals surface area contributed by atoms with E-state index in [9.17, 15) is 22.7 Å². The second-order valence-corrected chi connectivity index (χ2v) is 8.39. The molecule has 1 aromatic heterocycles. The van der Waals surface area contributed by atoms with Gasteiger partial charge in [0.25, 0.3) is 0 Å². The summed E-state index contributed by atoms with van der Waals surface area (Å²) >= 11 is 0. The Labute approximate surface area is 190 Å². The summed E-state index contributed by atoms with van der Waals surface area (Å²) in [5.41, 5.74) is -1.39. The maximum Gasteiger partial charge on any atom is 0.422 e. The number of aliphatic imine (C=N–C) groups is 1. The molecule has 176 valence electrons. The molecule has 2 aromatic carbocycles. The van der Waals surface area contributed by atoms with Crippen molar-refractivity contribution in [3.63, 3.8) is 0 Å². The third kappa shape index (κ3) is 5.16. The van der Waals surface area contributed by atoms with Crippen LogP contribution in [-0.4, -0.2) is 35.2 Å². The molecule has 2 unspecified atom stereocenters. The quantitative estimate of drug-likeness (QED) is 0.321. The number of aryl methyl sites for hydroxylation is 1. The minimum atomic E-state index is -5.01. The number of fused-ring (bicyclic) bond motifs is 1. The molecule has 0 amide bonds. The normalized spacial score (nSPS) is 15.2. The highest BCUT2D eigenvalue weighted by molar-refractivity contribution is 5.92. The van der Waals surface area contributed by atoms with Crippen LogP contribution in [0.5, 0.6) is 5.75 Å². The molecule has 3 aromatic rings. The molecule has 0 bridgehead atoms. The third-order valence-electron chi connectivity index (χ3n) is 5.69. The zero-order chi connectivity index (χ0) is 24.4. The predicted octanol–water partition coefficient (Wildman–Crippen LogP) is 6.52. The lowest BCUT2D eigenvalue weighted by Gasteiger charge is -2.33. The topological polar surface area (TPSA) is 54.7 Å². The number of halogens is 4. The van der Waals surface area contributed by atoms with E-state index in [0.717, 1.165) is 5.69 Å². The van der Waals surface area contributed by atoms with E-state index in [-0.39, 0.29) is 22.9 Å². The molecule has 0 radical (unpaired) electrons. The van der Waals surface area contributed by atoms with Crippen LogP contribution < -0.4 is 4.74 Å². The van der Waals surface area contributed by atoms with Gasteiger partial charge >= 0.3 is 6.18 Å². The largest absolute Gasteiger partial charge is 0.493 e. The zero-order valence-corrected chi connectivity index (χ0v) is 18.8. The van der Waals surface area contributed by atoms with Gasteiger partial charge in [-0.1, -0.05) is 32.0 Å². The Morgan fingerprint density at radius 3 is 2.42 bits per heavy atom. The fourth-order valence-electron chi connectivity index (χ4n) is 3.84. The number of hydrogen-bond acceptors (Lipinski definition) is 4. The molecule has 0 fully saturated rings. The highest BCUT2D eigenvalue weighted by Gasteiger charge is 2.54. The third-order valence-corrected chi connectivity index (χ3v) is 5.69. The van der Waals surface area contributed by atoms with Crippen LogP contribution in [0.15, 0.2) is 53.5 Å². The van der Waals surface area contributed by atoms with Crippen molar-refractivity contribution in [3.8, 4) is 5.75 Å². The Kier molecular flexibility index (Phi) is 7.07. The van der Waals surface area contributed by atoms with Crippen molar-refractivity contribution in [1.29, 1.82) is 0 Å². The molecule has 0 saturated heterocycles. The van der Waals surface area contributed by atoms with E-state index < -0.39 is 29.9 Å². The molecule has 0 saturated carbocycles. The van der Waals surface area contributed by atoms with E-state index in [1.165, 1.54) is 25.3 Å². The summed E-state index contributed by atoms with van der Waals surface area (Å²) in [5.74, 6) is -2.02. The van der Waals surface area contributed by atoms with Crippen LogP contribution in [0.4, 0.5) is 23.2 Å². The Bertz CT molecular complexity index is 1160. The molecule has 4 nitrogen and oxygen atoms in total. The molecule has 0 aliphatic heterocycles. The number of ether oxygens (including phenoxy) is 1. The number of benzene rings is 2. The van der Waals surface area contributed by atoms with Crippen LogP contribution in [0.2, 0.25) is 0 Å². The van der Waals surface area contributed by atoms with Crippen LogP contribution in [0.3, 0.4) is 0 Å². The predicted molar refractivity (Wildman–Crippen MR) is 121 cm³/mol. The minimum Gasteiger partial charge on any atom is -0.493 e. The summed E-state index contributed by atoms with van der Waals surface area (Å²) in [6.07, 6.45) is -5.23. The summed E-state index contributed by atoms with van der Waals surface area (Å²) in [7, 11) is 1.26.